The summed E-state index contributed by atoms with van der Waals surface area (Å²) in [5, 5.41) is 12.0. The predicted octanol–water partition coefficient (Wildman–Crippen LogP) is 3.26. The Balaban J connectivity index is 1.69. The monoisotopic (exact) mass is 334 g/mol. The number of rotatable bonds is 6. The molecule has 0 aliphatic heterocycles. The highest BCUT2D eigenvalue weighted by Crippen LogP contribution is 2.29. The van der Waals surface area contributed by atoms with Crippen LogP contribution in [0.3, 0.4) is 0 Å². The van der Waals surface area contributed by atoms with E-state index in [1.807, 2.05) is 54.6 Å². The zero-order chi connectivity index (χ0) is 17.5. The topological polar surface area (TPSA) is 71.5 Å². The SMILES string of the molecule is O=C(COc1ccccc1-c1ccccc1)Nc1cnccc1CO. The molecule has 0 spiro atoms. The fourth-order valence-corrected chi connectivity index (χ4v) is 2.45. The Kier molecular flexibility index (Phi) is 5.39. The van der Waals surface area contributed by atoms with Crippen LogP contribution in [0.4, 0.5) is 5.69 Å². The number of benzene rings is 2. The van der Waals surface area contributed by atoms with E-state index in [2.05, 4.69) is 10.3 Å². The summed E-state index contributed by atoms with van der Waals surface area (Å²) in [5.41, 5.74) is 3.03. The molecule has 25 heavy (non-hydrogen) atoms. The first-order valence-corrected chi connectivity index (χ1v) is 7.89. The standard InChI is InChI=1S/C20H18N2O3/c23-13-16-10-11-21-12-18(16)22-20(24)14-25-19-9-5-4-8-17(19)15-6-2-1-3-7-15/h1-12,23H,13-14H2,(H,22,24). The Hall–Kier alpha value is -3.18. The summed E-state index contributed by atoms with van der Waals surface area (Å²) < 4.78 is 5.70. The average Bonchev–Trinajstić information content (AvgIpc) is 2.68. The number of carbonyl (C=O) groups is 1. The number of ether oxygens (including phenoxy) is 1. The summed E-state index contributed by atoms with van der Waals surface area (Å²) in [6.07, 6.45) is 3.06. The zero-order valence-corrected chi connectivity index (χ0v) is 13.6. The third-order valence-electron chi connectivity index (χ3n) is 3.69. The van der Waals surface area contributed by atoms with Crippen molar-refractivity contribution in [2.24, 2.45) is 0 Å². The molecule has 0 bridgehead atoms. The molecule has 0 fully saturated rings. The maximum absolute atomic E-state index is 12.2. The molecular formula is C20H18N2O3. The normalized spacial score (nSPS) is 10.3. The van der Waals surface area contributed by atoms with E-state index in [1.165, 1.54) is 6.20 Å². The van der Waals surface area contributed by atoms with Crippen molar-refractivity contribution in [3.63, 3.8) is 0 Å². The minimum Gasteiger partial charge on any atom is -0.483 e. The third kappa shape index (κ3) is 4.22. The minimum absolute atomic E-state index is 0.135. The van der Waals surface area contributed by atoms with E-state index < -0.39 is 0 Å². The van der Waals surface area contributed by atoms with E-state index in [-0.39, 0.29) is 19.1 Å². The molecule has 1 amide bonds. The molecule has 1 aromatic heterocycles. The molecule has 5 nitrogen and oxygen atoms in total. The van der Waals surface area contributed by atoms with Crippen LogP contribution in [0.5, 0.6) is 5.75 Å². The number of anilines is 1. The highest BCUT2D eigenvalue weighted by Gasteiger charge is 2.10. The molecule has 0 saturated carbocycles. The summed E-state index contributed by atoms with van der Waals surface area (Å²) in [6.45, 7) is -0.306. The van der Waals surface area contributed by atoms with Crippen molar-refractivity contribution < 1.29 is 14.6 Å². The second-order valence-electron chi connectivity index (χ2n) is 5.39. The van der Waals surface area contributed by atoms with Gasteiger partial charge in [0.25, 0.3) is 5.91 Å². The van der Waals surface area contributed by atoms with Gasteiger partial charge in [0.15, 0.2) is 6.61 Å². The van der Waals surface area contributed by atoms with Gasteiger partial charge in [-0.3, -0.25) is 9.78 Å². The molecule has 5 heteroatoms. The van der Waals surface area contributed by atoms with Crippen LogP contribution in [0.15, 0.2) is 73.1 Å². The van der Waals surface area contributed by atoms with Gasteiger partial charge < -0.3 is 15.2 Å². The van der Waals surface area contributed by atoms with Gasteiger partial charge in [-0.2, -0.15) is 0 Å². The van der Waals surface area contributed by atoms with Gasteiger partial charge in [-0.15, -0.1) is 0 Å². The van der Waals surface area contributed by atoms with Crippen molar-refractivity contribution in [1.29, 1.82) is 0 Å². The first-order valence-electron chi connectivity index (χ1n) is 7.89. The van der Waals surface area contributed by atoms with Crippen LogP contribution in [-0.2, 0) is 11.4 Å². The van der Waals surface area contributed by atoms with Gasteiger partial charge in [0, 0.05) is 17.3 Å². The highest BCUT2D eigenvalue weighted by molar-refractivity contribution is 5.92. The van der Waals surface area contributed by atoms with Gasteiger partial charge in [0.05, 0.1) is 18.5 Å². The lowest BCUT2D eigenvalue weighted by molar-refractivity contribution is -0.118. The number of nitrogens with one attached hydrogen (secondary N) is 1. The summed E-state index contributed by atoms with van der Waals surface area (Å²) in [4.78, 5) is 16.1. The second-order valence-corrected chi connectivity index (χ2v) is 5.39. The number of hydrogen-bond acceptors (Lipinski definition) is 4. The van der Waals surface area contributed by atoms with Crippen LogP contribution < -0.4 is 10.1 Å². The smallest absolute Gasteiger partial charge is 0.262 e. The van der Waals surface area contributed by atoms with E-state index in [4.69, 9.17) is 4.74 Å². The number of aliphatic hydroxyl groups excluding tert-OH is 1. The Bertz CT molecular complexity index is 850. The van der Waals surface area contributed by atoms with Gasteiger partial charge in [0.1, 0.15) is 5.75 Å². The first-order chi connectivity index (χ1) is 12.3. The lowest BCUT2D eigenvalue weighted by Crippen LogP contribution is -2.21. The maximum atomic E-state index is 12.2. The lowest BCUT2D eigenvalue weighted by Gasteiger charge is -2.12. The number of aliphatic hydroxyl groups is 1. The predicted molar refractivity (Wildman–Crippen MR) is 96.2 cm³/mol. The molecule has 1 heterocycles. The molecule has 0 atom stereocenters. The van der Waals surface area contributed by atoms with Crippen LogP contribution in [0.1, 0.15) is 5.56 Å². The Morgan fingerprint density at radius 1 is 1.04 bits per heavy atom. The van der Waals surface area contributed by atoms with E-state index in [0.717, 1.165) is 11.1 Å². The number of para-hydroxylation sites is 1. The number of hydrogen-bond donors (Lipinski definition) is 2. The number of carbonyl (C=O) groups excluding carboxylic acids is 1. The fourth-order valence-electron chi connectivity index (χ4n) is 2.45. The molecule has 0 aliphatic rings. The summed E-state index contributed by atoms with van der Waals surface area (Å²) >= 11 is 0. The molecule has 2 N–H and O–H groups in total. The van der Waals surface area contributed by atoms with Gasteiger partial charge >= 0.3 is 0 Å². The van der Waals surface area contributed by atoms with Crippen molar-refractivity contribution in [1.82, 2.24) is 4.98 Å². The van der Waals surface area contributed by atoms with E-state index in [9.17, 15) is 9.90 Å². The van der Waals surface area contributed by atoms with Crippen molar-refractivity contribution in [3.8, 4) is 16.9 Å². The molecule has 3 aromatic rings. The van der Waals surface area contributed by atoms with Gasteiger partial charge in [0.2, 0.25) is 0 Å². The van der Waals surface area contributed by atoms with Crippen LogP contribution >= 0.6 is 0 Å². The van der Waals surface area contributed by atoms with Crippen molar-refractivity contribution in [2.45, 2.75) is 6.61 Å². The van der Waals surface area contributed by atoms with Crippen LogP contribution in [0.25, 0.3) is 11.1 Å². The van der Waals surface area contributed by atoms with Gasteiger partial charge in [-0.05, 0) is 17.7 Å². The summed E-state index contributed by atoms with van der Waals surface area (Å²) in [6, 6.07) is 19.1. The second kappa shape index (κ2) is 8.08. The average molecular weight is 334 g/mol. The van der Waals surface area contributed by atoms with Crippen molar-refractivity contribution >= 4 is 11.6 Å². The molecule has 0 unspecified atom stereocenters. The van der Waals surface area contributed by atoms with E-state index in [0.29, 0.717) is 17.0 Å². The molecule has 2 aromatic carbocycles. The molecule has 0 aliphatic carbocycles. The number of nitrogens with zero attached hydrogens (tertiary/aromatic N) is 1. The fraction of sp³-hybridized carbons (Fsp3) is 0.100. The summed E-state index contributed by atoms with van der Waals surface area (Å²) in [5.74, 6) is 0.322. The van der Waals surface area contributed by atoms with Crippen molar-refractivity contribution in [2.75, 3.05) is 11.9 Å². The Morgan fingerprint density at radius 2 is 1.80 bits per heavy atom. The largest absolute Gasteiger partial charge is 0.483 e. The number of pyridine rings is 1. The molecule has 126 valence electrons. The number of aromatic nitrogens is 1. The van der Waals surface area contributed by atoms with Crippen molar-refractivity contribution in [3.05, 3.63) is 78.6 Å². The van der Waals surface area contributed by atoms with E-state index >= 15 is 0 Å². The van der Waals surface area contributed by atoms with Crippen LogP contribution in [-0.4, -0.2) is 22.6 Å². The van der Waals surface area contributed by atoms with Gasteiger partial charge in [-0.1, -0.05) is 48.5 Å². The quantitative estimate of drug-likeness (QED) is 0.726. The molecular weight excluding hydrogens is 316 g/mol. The number of amides is 1. The highest BCUT2D eigenvalue weighted by atomic mass is 16.5. The van der Waals surface area contributed by atoms with Gasteiger partial charge in [-0.25, -0.2) is 0 Å². The van der Waals surface area contributed by atoms with Crippen LogP contribution in [0.2, 0.25) is 0 Å². The summed E-state index contributed by atoms with van der Waals surface area (Å²) in [7, 11) is 0. The lowest BCUT2D eigenvalue weighted by atomic mass is 10.1. The Labute approximate surface area is 145 Å². The first kappa shape index (κ1) is 16.7. The molecule has 0 saturated heterocycles. The Morgan fingerprint density at radius 3 is 2.60 bits per heavy atom. The molecule has 0 radical (unpaired) electrons. The molecule has 3 rings (SSSR count). The zero-order valence-electron chi connectivity index (χ0n) is 13.6. The third-order valence-corrected chi connectivity index (χ3v) is 3.69. The maximum Gasteiger partial charge on any atom is 0.262 e. The minimum atomic E-state index is -0.314. The van der Waals surface area contributed by atoms with E-state index in [1.54, 1.807) is 12.3 Å². The van der Waals surface area contributed by atoms with Crippen LogP contribution in [0, 0.1) is 0 Å².